The standard InChI is InChI=1S/C30H52O3/c1-8-20(18(2)3)15-26(32)19(4)23-9-10-24-28-25(12-14-30(23,24)6)29(5)13-11-22(31)16-21(29)17-27(28)33-7/h17-20,22-28,31-32H,8-16H2,1-7H3/t19-,20+,22-,23+,24-,25-,26+,27+,28-,29-,30+/m0/s1. The molecule has 0 aromatic carbocycles. The van der Waals surface area contributed by atoms with E-state index in [0.29, 0.717) is 46.8 Å². The lowest BCUT2D eigenvalue weighted by molar-refractivity contribution is -0.111. The summed E-state index contributed by atoms with van der Waals surface area (Å²) in [5, 5.41) is 21.7. The second-order valence-electron chi connectivity index (χ2n) is 13.3. The van der Waals surface area contributed by atoms with E-state index in [1.165, 1.54) is 31.3 Å². The van der Waals surface area contributed by atoms with Gasteiger partial charge >= 0.3 is 0 Å². The Hall–Kier alpha value is -0.380. The zero-order valence-electron chi connectivity index (χ0n) is 22.5. The van der Waals surface area contributed by atoms with Gasteiger partial charge in [-0.15, -0.1) is 0 Å². The molecule has 3 fully saturated rings. The van der Waals surface area contributed by atoms with Gasteiger partial charge < -0.3 is 14.9 Å². The molecular formula is C30H52O3. The third-order valence-electron chi connectivity index (χ3n) is 11.7. The number of aliphatic hydroxyl groups excluding tert-OH is 2. The van der Waals surface area contributed by atoms with E-state index in [2.05, 4.69) is 47.6 Å². The van der Waals surface area contributed by atoms with Crippen LogP contribution in [0.3, 0.4) is 0 Å². The maximum absolute atomic E-state index is 11.3. The normalized spacial score (nSPS) is 45.6. The monoisotopic (exact) mass is 460 g/mol. The summed E-state index contributed by atoms with van der Waals surface area (Å²) < 4.78 is 6.17. The summed E-state index contributed by atoms with van der Waals surface area (Å²) in [6, 6.07) is 0. The minimum absolute atomic E-state index is 0.178. The van der Waals surface area contributed by atoms with Crippen LogP contribution in [0.2, 0.25) is 0 Å². The molecule has 0 unspecified atom stereocenters. The molecule has 0 radical (unpaired) electrons. The molecule has 0 heterocycles. The van der Waals surface area contributed by atoms with Gasteiger partial charge in [0.15, 0.2) is 0 Å². The van der Waals surface area contributed by atoms with E-state index in [1.54, 1.807) is 0 Å². The number of hydrogen-bond donors (Lipinski definition) is 2. The van der Waals surface area contributed by atoms with Crippen LogP contribution in [0.4, 0.5) is 0 Å². The highest BCUT2D eigenvalue weighted by Crippen LogP contribution is 2.67. The van der Waals surface area contributed by atoms with Gasteiger partial charge in [-0.25, -0.2) is 0 Å². The molecule has 0 aromatic rings. The number of ether oxygens (including phenoxy) is 1. The third-order valence-corrected chi connectivity index (χ3v) is 11.7. The van der Waals surface area contributed by atoms with Crippen molar-refractivity contribution in [3.63, 3.8) is 0 Å². The smallest absolute Gasteiger partial charge is 0.0788 e. The summed E-state index contributed by atoms with van der Waals surface area (Å²) in [5.74, 6) is 4.13. The highest BCUT2D eigenvalue weighted by Gasteiger charge is 2.61. The Balaban J connectivity index is 1.57. The first-order valence-corrected chi connectivity index (χ1v) is 14.2. The second-order valence-corrected chi connectivity index (χ2v) is 13.3. The fourth-order valence-electron chi connectivity index (χ4n) is 9.44. The number of hydrogen-bond acceptors (Lipinski definition) is 3. The van der Waals surface area contributed by atoms with E-state index in [9.17, 15) is 10.2 Å². The minimum Gasteiger partial charge on any atom is -0.393 e. The van der Waals surface area contributed by atoms with Crippen LogP contribution in [0, 0.1) is 52.3 Å². The lowest BCUT2D eigenvalue weighted by Crippen LogP contribution is -2.55. The van der Waals surface area contributed by atoms with Gasteiger partial charge in [-0.2, -0.15) is 0 Å². The number of aliphatic hydroxyl groups is 2. The van der Waals surface area contributed by atoms with Crippen molar-refractivity contribution < 1.29 is 14.9 Å². The molecule has 33 heavy (non-hydrogen) atoms. The van der Waals surface area contributed by atoms with Gasteiger partial charge in [0, 0.05) is 7.11 Å². The predicted molar refractivity (Wildman–Crippen MR) is 136 cm³/mol. The van der Waals surface area contributed by atoms with Gasteiger partial charge in [-0.3, -0.25) is 0 Å². The van der Waals surface area contributed by atoms with Crippen LogP contribution >= 0.6 is 0 Å². The maximum atomic E-state index is 11.3. The van der Waals surface area contributed by atoms with E-state index in [-0.39, 0.29) is 23.7 Å². The zero-order chi connectivity index (χ0) is 24.1. The molecule has 190 valence electrons. The summed E-state index contributed by atoms with van der Waals surface area (Å²) in [6.45, 7) is 14.3. The average molecular weight is 461 g/mol. The van der Waals surface area contributed by atoms with Crippen molar-refractivity contribution in [2.75, 3.05) is 7.11 Å². The molecule has 11 atom stereocenters. The lowest BCUT2D eigenvalue weighted by atomic mass is 9.46. The Morgan fingerprint density at radius 1 is 1.06 bits per heavy atom. The predicted octanol–water partition coefficient (Wildman–Crippen LogP) is 6.62. The third kappa shape index (κ3) is 4.27. The van der Waals surface area contributed by atoms with E-state index in [4.69, 9.17) is 4.74 Å². The van der Waals surface area contributed by atoms with Gasteiger partial charge in [0.2, 0.25) is 0 Å². The fourth-order valence-corrected chi connectivity index (χ4v) is 9.44. The highest BCUT2D eigenvalue weighted by atomic mass is 16.5. The topological polar surface area (TPSA) is 49.7 Å². The van der Waals surface area contributed by atoms with Gasteiger partial charge in [0.1, 0.15) is 0 Å². The Labute approximate surface area is 203 Å². The molecule has 0 spiro atoms. The highest BCUT2D eigenvalue weighted by molar-refractivity contribution is 5.28. The van der Waals surface area contributed by atoms with Crippen molar-refractivity contribution in [1.29, 1.82) is 0 Å². The molecular weight excluding hydrogens is 408 g/mol. The Morgan fingerprint density at radius 2 is 1.79 bits per heavy atom. The molecule has 2 N–H and O–H groups in total. The summed E-state index contributed by atoms with van der Waals surface area (Å²) in [4.78, 5) is 0. The molecule has 3 heteroatoms. The Bertz CT molecular complexity index is 715. The molecule has 0 aromatic heterocycles. The fraction of sp³-hybridized carbons (Fsp3) is 0.933. The van der Waals surface area contributed by atoms with Gasteiger partial charge in [0.05, 0.1) is 18.3 Å². The van der Waals surface area contributed by atoms with Crippen LogP contribution in [-0.2, 0) is 4.74 Å². The van der Waals surface area contributed by atoms with E-state index in [0.717, 1.165) is 32.1 Å². The van der Waals surface area contributed by atoms with Crippen LogP contribution < -0.4 is 0 Å². The maximum Gasteiger partial charge on any atom is 0.0788 e. The summed E-state index contributed by atoms with van der Waals surface area (Å²) in [6.07, 6.45) is 12.3. The molecule has 0 saturated heterocycles. The zero-order valence-corrected chi connectivity index (χ0v) is 22.5. The van der Waals surface area contributed by atoms with Crippen molar-refractivity contribution in [3.8, 4) is 0 Å². The molecule has 0 amide bonds. The first-order valence-electron chi connectivity index (χ1n) is 14.2. The largest absolute Gasteiger partial charge is 0.393 e. The first kappa shape index (κ1) is 25.7. The molecule has 0 aliphatic heterocycles. The molecule has 4 rings (SSSR count). The van der Waals surface area contributed by atoms with Crippen LogP contribution in [-0.4, -0.2) is 35.6 Å². The van der Waals surface area contributed by atoms with Gasteiger partial charge in [0.25, 0.3) is 0 Å². The van der Waals surface area contributed by atoms with Crippen molar-refractivity contribution in [2.45, 2.75) is 118 Å². The number of fused-ring (bicyclic) bond motifs is 5. The lowest BCUT2D eigenvalue weighted by Gasteiger charge is -2.60. The van der Waals surface area contributed by atoms with Crippen LogP contribution in [0.15, 0.2) is 11.6 Å². The van der Waals surface area contributed by atoms with Crippen molar-refractivity contribution in [2.24, 2.45) is 52.3 Å². The molecule has 3 nitrogen and oxygen atoms in total. The summed E-state index contributed by atoms with van der Waals surface area (Å²) in [5.41, 5.74) is 2.00. The minimum atomic E-state index is -0.191. The van der Waals surface area contributed by atoms with Crippen LogP contribution in [0.5, 0.6) is 0 Å². The van der Waals surface area contributed by atoms with E-state index < -0.39 is 0 Å². The summed E-state index contributed by atoms with van der Waals surface area (Å²) >= 11 is 0. The second kappa shape index (κ2) is 9.58. The number of rotatable bonds is 7. The summed E-state index contributed by atoms with van der Waals surface area (Å²) in [7, 11) is 1.89. The SMILES string of the molecule is CC[C@H](C[C@@H](O)[C@@H](C)[C@H]1CC[C@H]2[C@@H]3[C@H](OC)C=C4C[C@@H](O)CC[C@]4(C)[C@H]3CC[C@]12C)C(C)C. The van der Waals surface area contributed by atoms with E-state index >= 15 is 0 Å². The average Bonchev–Trinajstić information content (AvgIpc) is 3.13. The van der Waals surface area contributed by atoms with Crippen LogP contribution in [0.1, 0.15) is 99.3 Å². The molecule has 4 aliphatic carbocycles. The molecule has 4 aliphatic rings. The Kier molecular flexibility index (Phi) is 7.46. The van der Waals surface area contributed by atoms with Crippen molar-refractivity contribution in [3.05, 3.63) is 11.6 Å². The quantitative estimate of drug-likeness (QED) is 0.420. The van der Waals surface area contributed by atoms with Crippen LogP contribution in [0.25, 0.3) is 0 Å². The van der Waals surface area contributed by atoms with Gasteiger partial charge in [-0.1, -0.05) is 59.6 Å². The number of methoxy groups -OCH3 is 1. The molecule has 0 bridgehead atoms. The van der Waals surface area contributed by atoms with Crippen molar-refractivity contribution >= 4 is 0 Å². The van der Waals surface area contributed by atoms with Crippen molar-refractivity contribution in [1.82, 2.24) is 0 Å². The first-order chi connectivity index (χ1) is 15.6. The molecule has 3 saturated carbocycles. The van der Waals surface area contributed by atoms with Gasteiger partial charge in [-0.05, 0) is 104 Å². The van der Waals surface area contributed by atoms with E-state index in [1.807, 2.05) is 7.11 Å². The Morgan fingerprint density at radius 3 is 2.42 bits per heavy atom.